The molecule has 0 amide bonds. The van der Waals surface area contributed by atoms with Crippen LogP contribution in [0.1, 0.15) is 43.4 Å². The molecule has 2 aliphatic heterocycles. The molecule has 0 bridgehead atoms. The molecule has 1 aliphatic carbocycles. The largest absolute Gasteiger partial charge is 0.456 e. The lowest BCUT2D eigenvalue weighted by Gasteiger charge is -2.30. The normalized spacial score (nSPS) is 26.2. The van der Waals surface area contributed by atoms with Crippen molar-refractivity contribution in [3.8, 4) is 0 Å². The first-order valence-electron chi connectivity index (χ1n) is 8.12. The van der Waals surface area contributed by atoms with Crippen molar-refractivity contribution in [3.05, 3.63) is 46.3 Å². The Morgan fingerprint density at radius 1 is 1.48 bits per heavy atom. The van der Waals surface area contributed by atoms with Crippen LogP contribution in [-0.2, 0) is 9.53 Å². The van der Waals surface area contributed by atoms with Crippen LogP contribution >= 0.6 is 0 Å². The van der Waals surface area contributed by atoms with Crippen molar-refractivity contribution < 1.29 is 9.53 Å². The number of esters is 1. The van der Waals surface area contributed by atoms with Gasteiger partial charge in [0.25, 0.3) is 0 Å². The number of allylic oxidation sites excluding steroid dienone is 3. The predicted octanol–water partition coefficient (Wildman–Crippen LogP) is 3.34. The van der Waals surface area contributed by atoms with Crippen molar-refractivity contribution in [3.63, 3.8) is 0 Å². The number of carbonyl (C=O) groups is 1. The number of aryl methyl sites for hydroxylation is 1. The number of ether oxygens (including phenoxy) is 1. The van der Waals surface area contributed by atoms with Crippen LogP contribution in [0.15, 0.2) is 35.1 Å². The van der Waals surface area contributed by atoms with Crippen molar-refractivity contribution in [2.75, 3.05) is 11.9 Å². The van der Waals surface area contributed by atoms with Gasteiger partial charge in [-0.25, -0.2) is 4.79 Å². The number of rotatable bonds is 2. The number of anilines is 1. The summed E-state index contributed by atoms with van der Waals surface area (Å²) < 4.78 is 5.27. The van der Waals surface area contributed by atoms with E-state index >= 15 is 0 Å². The maximum atomic E-state index is 12.3. The quantitative estimate of drug-likeness (QED) is 0.649. The van der Waals surface area contributed by atoms with E-state index in [0.29, 0.717) is 12.5 Å². The van der Waals surface area contributed by atoms with Crippen molar-refractivity contribution in [1.29, 1.82) is 0 Å². The number of aromatic amines is 1. The van der Waals surface area contributed by atoms with Crippen molar-refractivity contribution >= 4 is 11.8 Å². The third kappa shape index (κ3) is 2.14. The standard InChI is InChI=1S/C18H21N3O2/c1-9(2)11-4-6-12(7-5-11)15-14-10(3)20-21-17(14)19-13-8-23-18(22)16(13)15/h6,11,15H,1,4-5,7-8H2,2-3H3,(H2,19,20,21)/t11-,15+/m1/s1. The average molecular weight is 311 g/mol. The lowest BCUT2D eigenvalue weighted by atomic mass is 9.75. The molecule has 5 nitrogen and oxygen atoms in total. The molecule has 0 fully saturated rings. The predicted molar refractivity (Wildman–Crippen MR) is 87.9 cm³/mol. The number of nitrogens with one attached hydrogen (secondary N) is 2. The molecule has 120 valence electrons. The Hall–Kier alpha value is -2.30. The smallest absolute Gasteiger partial charge is 0.337 e. The monoisotopic (exact) mass is 311 g/mol. The van der Waals surface area contributed by atoms with E-state index in [9.17, 15) is 4.79 Å². The van der Waals surface area contributed by atoms with E-state index in [1.54, 1.807) is 0 Å². The van der Waals surface area contributed by atoms with Gasteiger partial charge >= 0.3 is 5.97 Å². The fourth-order valence-electron chi connectivity index (χ4n) is 3.92. The minimum absolute atomic E-state index is 0.0268. The molecule has 3 heterocycles. The average Bonchev–Trinajstić information content (AvgIpc) is 3.10. The Kier molecular flexibility index (Phi) is 3.18. The van der Waals surface area contributed by atoms with Crippen LogP contribution in [-0.4, -0.2) is 22.8 Å². The van der Waals surface area contributed by atoms with Crippen LogP contribution < -0.4 is 5.32 Å². The molecule has 4 rings (SSSR count). The first-order chi connectivity index (χ1) is 11.1. The Morgan fingerprint density at radius 3 is 3.00 bits per heavy atom. The van der Waals surface area contributed by atoms with E-state index in [1.807, 2.05) is 6.92 Å². The molecular formula is C18H21N3O2. The number of aromatic nitrogens is 2. The molecule has 0 radical (unpaired) electrons. The summed E-state index contributed by atoms with van der Waals surface area (Å²) in [4.78, 5) is 12.3. The zero-order valence-corrected chi connectivity index (χ0v) is 13.5. The molecule has 0 saturated heterocycles. The van der Waals surface area contributed by atoms with Gasteiger partial charge in [-0.05, 0) is 39.0 Å². The molecule has 0 saturated carbocycles. The summed E-state index contributed by atoms with van der Waals surface area (Å²) in [6.07, 6.45) is 5.37. The van der Waals surface area contributed by atoms with Crippen LogP contribution in [0.5, 0.6) is 0 Å². The van der Waals surface area contributed by atoms with Gasteiger partial charge in [0.05, 0.1) is 11.3 Å². The second-order valence-electron chi connectivity index (χ2n) is 6.73. The molecule has 23 heavy (non-hydrogen) atoms. The van der Waals surface area contributed by atoms with Gasteiger partial charge < -0.3 is 10.1 Å². The SMILES string of the molecule is C=C(C)[C@@H]1CC=C([C@@H]2C3=C(COC3=O)Nc3n[nH]c(C)c32)CC1. The molecule has 2 N–H and O–H groups in total. The van der Waals surface area contributed by atoms with Gasteiger partial charge in [-0.2, -0.15) is 5.10 Å². The van der Waals surface area contributed by atoms with Crippen LogP contribution in [0.3, 0.4) is 0 Å². The van der Waals surface area contributed by atoms with Crippen LogP contribution in [0, 0.1) is 12.8 Å². The first-order valence-corrected chi connectivity index (χ1v) is 8.12. The van der Waals surface area contributed by atoms with E-state index in [2.05, 4.69) is 35.1 Å². The van der Waals surface area contributed by atoms with E-state index in [0.717, 1.165) is 47.6 Å². The van der Waals surface area contributed by atoms with Crippen LogP contribution in [0.2, 0.25) is 0 Å². The highest BCUT2D eigenvalue weighted by Gasteiger charge is 2.41. The second-order valence-corrected chi connectivity index (χ2v) is 6.73. The minimum Gasteiger partial charge on any atom is -0.456 e. The van der Waals surface area contributed by atoms with E-state index in [-0.39, 0.29) is 11.9 Å². The van der Waals surface area contributed by atoms with Crippen molar-refractivity contribution in [1.82, 2.24) is 10.2 Å². The van der Waals surface area contributed by atoms with E-state index in [4.69, 9.17) is 4.74 Å². The third-order valence-electron chi connectivity index (χ3n) is 5.25. The molecular weight excluding hydrogens is 290 g/mol. The summed E-state index contributed by atoms with van der Waals surface area (Å²) in [5, 5.41) is 10.7. The molecule has 0 spiro atoms. The van der Waals surface area contributed by atoms with Crippen LogP contribution in [0.25, 0.3) is 0 Å². The molecule has 0 unspecified atom stereocenters. The maximum Gasteiger partial charge on any atom is 0.337 e. The fourth-order valence-corrected chi connectivity index (χ4v) is 3.92. The topological polar surface area (TPSA) is 67.0 Å². The zero-order chi connectivity index (χ0) is 16.1. The number of H-pyrrole nitrogens is 1. The van der Waals surface area contributed by atoms with Crippen molar-refractivity contribution in [2.24, 2.45) is 5.92 Å². The number of hydrogen-bond acceptors (Lipinski definition) is 4. The Labute approximate surface area is 135 Å². The Morgan fingerprint density at radius 2 is 2.30 bits per heavy atom. The fraction of sp³-hybridized carbons (Fsp3) is 0.444. The van der Waals surface area contributed by atoms with E-state index in [1.165, 1.54) is 11.1 Å². The molecule has 5 heteroatoms. The van der Waals surface area contributed by atoms with Gasteiger partial charge in [0.15, 0.2) is 5.82 Å². The zero-order valence-electron chi connectivity index (χ0n) is 13.5. The number of hydrogen-bond donors (Lipinski definition) is 2. The number of carbonyl (C=O) groups excluding carboxylic acids is 1. The molecule has 1 aromatic rings. The van der Waals surface area contributed by atoms with Gasteiger partial charge in [-0.15, -0.1) is 0 Å². The highest BCUT2D eigenvalue weighted by molar-refractivity contribution is 5.97. The van der Waals surface area contributed by atoms with Gasteiger partial charge in [0, 0.05) is 17.2 Å². The summed E-state index contributed by atoms with van der Waals surface area (Å²) in [7, 11) is 0. The van der Waals surface area contributed by atoms with Gasteiger partial charge in [-0.1, -0.05) is 23.8 Å². The summed E-state index contributed by atoms with van der Waals surface area (Å²) in [6.45, 7) is 8.51. The highest BCUT2D eigenvalue weighted by atomic mass is 16.5. The third-order valence-corrected chi connectivity index (χ3v) is 5.25. The van der Waals surface area contributed by atoms with Gasteiger partial charge in [-0.3, -0.25) is 5.10 Å². The molecule has 3 aliphatic rings. The summed E-state index contributed by atoms with van der Waals surface area (Å²) in [5.41, 5.74) is 6.27. The van der Waals surface area contributed by atoms with Gasteiger partial charge in [0.2, 0.25) is 0 Å². The number of cyclic esters (lactones) is 1. The Bertz CT molecular complexity index is 769. The lowest BCUT2D eigenvalue weighted by Crippen LogP contribution is -2.22. The summed E-state index contributed by atoms with van der Waals surface area (Å²) in [5.74, 6) is 1.15. The molecule has 1 aromatic heterocycles. The lowest BCUT2D eigenvalue weighted by molar-refractivity contribution is -0.136. The second kappa shape index (κ2) is 5.11. The van der Waals surface area contributed by atoms with Crippen molar-refractivity contribution in [2.45, 2.75) is 39.0 Å². The number of fused-ring (bicyclic) bond motifs is 1. The summed E-state index contributed by atoms with van der Waals surface area (Å²) in [6, 6.07) is 0. The van der Waals surface area contributed by atoms with E-state index < -0.39 is 0 Å². The molecule has 2 atom stereocenters. The maximum absolute atomic E-state index is 12.3. The minimum atomic E-state index is -0.202. The highest BCUT2D eigenvalue weighted by Crippen LogP contribution is 2.47. The number of nitrogens with zero attached hydrogens (tertiary/aromatic N) is 1. The van der Waals surface area contributed by atoms with Gasteiger partial charge in [0.1, 0.15) is 6.61 Å². The Balaban J connectivity index is 1.77. The molecule has 0 aromatic carbocycles. The van der Waals surface area contributed by atoms with Crippen LogP contribution in [0.4, 0.5) is 5.82 Å². The first kappa shape index (κ1) is 14.3. The summed E-state index contributed by atoms with van der Waals surface area (Å²) >= 11 is 0.